The van der Waals surface area contributed by atoms with Crippen LogP contribution in [0, 0.1) is 0 Å². The number of nitrogens with one attached hydrogen (secondary N) is 1. The molecule has 0 saturated carbocycles. The SMILES string of the molecule is CC1(C)OC[C@@H](CC(=O)NN)O1. The Bertz CT molecular complexity index is 181. The third kappa shape index (κ3) is 2.44. The number of rotatable bonds is 2. The molecule has 0 aromatic carbocycles. The van der Waals surface area contributed by atoms with Gasteiger partial charge >= 0.3 is 0 Å². The molecule has 1 heterocycles. The van der Waals surface area contributed by atoms with Gasteiger partial charge in [0.15, 0.2) is 5.79 Å². The minimum absolute atomic E-state index is 0.177. The zero-order valence-electron chi connectivity index (χ0n) is 7.29. The molecule has 1 aliphatic heterocycles. The summed E-state index contributed by atoms with van der Waals surface area (Å²) in [5, 5.41) is 0. The van der Waals surface area contributed by atoms with Crippen molar-refractivity contribution in [1.29, 1.82) is 0 Å². The fourth-order valence-corrected chi connectivity index (χ4v) is 1.13. The van der Waals surface area contributed by atoms with Crippen molar-refractivity contribution in [2.24, 2.45) is 5.84 Å². The van der Waals surface area contributed by atoms with E-state index in [1.807, 2.05) is 19.3 Å². The van der Waals surface area contributed by atoms with E-state index < -0.39 is 5.79 Å². The van der Waals surface area contributed by atoms with Gasteiger partial charge in [-0.25, -0.2) is 5.84 Å². The molecule has 5 nitrogen and oxygen atoms in total. The van der Waals surface area contributed by atoms with Crippen molar-refractivity contribution in [3.63, 3.8) is 0 Å². The summed E-state index contributed by atoms with van der Waals surface area (Å²) in [5.74, 6) is 4.12. The molecule has 70 valence electrons. The molecule has 0 radical (unpaired) electrons. The van der Waals surface area contributed by atoms with Crippen molar-refractivity contribution in [2.75, 3.05) is 6.61 Å². The monoisotopic (exact) mass is 174 g/mol. The first kappa shape index (κ1) is 9.44. The minimum atomic E-state index is -0.570. The number of hydrazine groups is 1. The van der Waals surface area contributed by atoms with Crippen LogP contribution in [0.3, 0.4) is 0 Å². The lowest BCUT2D eigenvalue weighted by Gasteiger charge is -2.16. The van der Waals surface area contributed by atoms with Gasteiger partial charge in [-0.3, -0.25) is 10.2 Å². The molecule has 1 aliphatic rings. The Balaban J connectivity index is 2.33. The Kier molecular flexibility index (Phi) is 2.66. The maximum Gasteiger partial charge on any atom is 0.236 e. The summed E-state index contributed by atoms with van der Waals surface area (Å²) in [6, 6.07) is 0. The molecule has 0 unspecified atom stereocenters. The Morgan fingerprint density at radius 2 is 2.42 bits per heavy atom. The van der Waals surface area contributed by atoms with E-state index in [-0.39, 0.29) is 18.4 Å². The maximum atomic E-state index is 10.8. The molecule has 1 saturated heterocycles. The molecule has 0 aliphatic carbocycles. The van der Waals surface area contributed by atoms with Crippen LogP contribution in [-0.2, 0) is 14.3 Å². The average Bonchev–Trinajstić information content (AvgIpc) is 2.30. The van der Waals surface area contributed by atoms with Crippen molar-refractivity contribution >= 4 is 5.91 Å². The van der Waals surface area contributed by atoms with Gasteiger partial charge in [0.25, 0.3) is 0 Å². The van der Waals surface area contributed by atoms with E-state index in [1.165, 1.54) is 0 Å². The molecule has 0 spiro atoms. The van der Waals surface area contributed by atoms with Crippen molar-refractivity contribution < 1.29 is 14.3 Å². The topological polar surface area (TPSA) is 73.6 Å². The zero-order valence-corrected chi connectivity index (χ0v) is 7.29. The van der Waals surface area contributed by atoms with E-state index >= 15 is 0 Å². The van der Waals surface area contributed by atoms with Gasteiger partial charge in [0.2, 0.25) is 5.91 Å². The molecular weight excluding hydrogens is 160 g/mol. The Morgan fingerprint density at radius 1 is 1.75 bits per heavy atom. The molecule has 5 heteroatoms. The first-order valence-corrected chi connectivity index (χ1v) is 3.85. The van der Waals surface area contributed by atoms with E-state index in [0.717, 1.165) is 0 Å². The van der Waals surface area contributed by atoms with E-state index in [4.69, 9.17) is 15.3 Å². The van der Waals surface area contributed by atoms with Crippen LogP contribution in [0.1, 0.15) is 20.3 Å². The van der Waals surface area contributed by atoms with Crippen LogP contribution in [0.5, 0.6) is 0 Å². The number of hydrogen-bond donors (Lipinski definition) is 2. The predicted molar refractivity (Wildman–Crippen MR) is 41.9 cm³/mol. The summed E-state index contributed by atoms with van der Waals surface area (Å²) in [4.78, 5) is 10.8. The van der Waals surface area contributed by atoms with Gasteiger partial charge in [-0.15, -0.1) is 0 Å². The fourth-order valence-electron chi connectivity index (χ4n) is 1.13. The number of carbonyl (C=O) groups is 1. The quantitative estimate of drug-likeness (QED) is 0.337. The molecular formula is C7H14N2O3. The first-order valence-electron chi connectivity index (χ1n) is 3.85. The van der Waals surface area contributed by atoms with Gasteiger partial charge in [0.05, 0.1) is 19.1 Å². The highest BCUT2D eigenvalue weighted by molar-refractivity contribution is 5.75. The average molecular weight is 174 g/mol. The van der Waals surface area contributed by atoms with Gasteiger partial charge in [-0.2, -0.15) is 0 Å². The van der Waals surface area contributed by atoms with Crippen LogP contribution in [0.15, 0.2) is 0 Å². The number of amides is 1. The largest absolute Gasteiger partial charge is 0.348 e. The number of carbonyl (C=O) groups excluding carboxylic acids is 1. The van der Waals surface area contributed by atoms with Gasteiger partial charge in [-0.05, 0) is 13.8 Å². The number of ether oxygens (including phenoxy) is 2. The van der Waals surface area contributed by atoms with E-state index in [0.29, 0.717) is 6.61 Å². The second-order valence-corrected chi connectivity index (χ2v) is 3.22. The lowest BCUT2D eigenvalue weighted by atomic mass is 10.2. The van der Waals surface area contributed by atoms with Crippen molar-refractivity contribution in [3.8, 4) is 0 Å². The lowest BCUT2D eigenvalue weighted by molar-refractivity contribution is -0.143. The summed E-state index contributed by atoms with van der Waals surface area (Å²) in [7, 11) is 0. The Hall–Kier alpha value is -0.650. The minimum Gasteiger partial charge on any atom is -0.348 e. The second-order valence-electron chi connectivity index (χ2n) is 3.22. The first-order chi connectivity index (χ1) is 5.53. The summed E-state index contributed by atoms with van der Waals surface area (Å²) < 4.78 is 10.6. The molecule has 0 bridgehead atoms. The fraction of sp³-hybridized carbons (Fsp3) is 0.857. The molecule has 0 aromatic rings. The summed E-state index contributed by atoms with van der Waals surface area (Å²) in [5.41, 5.74) is 2.04. The van der Waals surface area contributed by atoms with Gasteiger partial charge in [0.1, 0.15) is 0 Å². The van der Waals surface area contributed by atoms with Crippen LogP contribution in [0.2, 0.25) is 0 Å². The van der Waals surface area contributed by atoms with Crippen LogP contribution in [0.25, 0.3) is 0 Å². The standard InChI is InChI=1S/C7H14N2O3/c1-7(2)11-4-5(12-7)3-6(10)9-8/h5H,3-4,8H2,1-2H3,(H,9,10)/t5-/m1/s1. The Labute approximate surface area is 71.2 Å². The van der Waals surface area contributed by atoms with Crippen LogP contribution in [0.4, 0.5) is 0 Å². The van der Waals surface area contributed by atoms with Gasteiger partial charge in [-0.1, -0.05) is 0 Å². The summed E-state index contributed by atoms with van der Waals surface area (Å²) in [6.45, 7) is 4.07. The normalized spacial score (nSPS) is 27.1. The molecule has 3 N–H and O–H groups in total. The molecule has 1 amide bonds. The van der Waals surface area contributed by atoms with Crippen LogP contribution in [-0.4, -0.2) is 24.4 Å². The summed E-state index contributed by atoms with van der Waals surface area (Å²) >= 11 is 0. The highest BCUT2D eigenvalue weighted by atomic mass is 16.7. The third-order valence-electron chi connectivity index (χ3n) is 1.64. The van der Waals surface area contributed by atoms with Crippen molar-refractivity contribution in [3.05, 3.63) is 0 Å². The Morgan fingerprint density at radius 3 is 2.83 bits per heavy atom. The van der Waals surface area contributed by atoms with Crippen molar-refractivity contribution in [1.82, 2.24) is 5.43 Å². The number of hydrogen-bond acceptors (Lipinski definition) is 4. The van der Waals surface area contributed by atoms with Crippen LogP contribution >= 0.6 is 0 Å². The maximum absolute atomic E-state index is 10.8. The second kappa shape index (κ2) is 3.38. The highest BCUT2D eigenvalue weighted by Gasteiger charge is 2.33. The molecule has 0 aromatic heterocycles. The van der Waals surface area contributed by atoms with Crippen LogP contribution < -0.4 is 11.3 Å². The number of nitrogens with two attached hydrogens (primary N) is 1. The van der Waals surface area contributed by atoms with E-state index in [9.17, 15) is 4.79 Å². The molecule has 12 heavy (non-hydrogen) atoms. The predicted octanol–water partition coefficient (Wildman–Crippen LogP) is -0.482. The molecule has 1 fully saturated rings. The third-order valence-corrected chi connectivity index (χ3v) is 1.64. The molecule has 1 rings (SSSR count). The smallest absolute Gasteiger partial charge is 0.236 e. The molecule has 1 atom stereocenters. The highest BCUT2D eigenvalue weighted by Crippen LogP contribution is 2.23. The van der Waals surface area contributed by atoms with E-state index in [2.05, 4.69) is 0 Å². The van der Waals surface area contributed by atoms with Gasteiger partial charge in [0, 0.05) is 0 Å². The van der Waals surface area contributed by atoms with Gasteiger partial charge < -0.3 is 9.47 Å². The van der Waals surface area contributed by atoms with Crippen molar-refractivity contribution in [2.45, 2.75) is 32.2 Å². The zero-order chi connectivity index (χ0) is 9.19. The lowest BCUT2D eigenvalue weighted by Crippen LogP contribution is -2.34. The summed E-state index contributed by atoms with van der Waals surface area (Å²) in [6.07, 6.45) is 0.0727. The van der Waals surface area contributed by atoms with E-state index in [1.54, 1.807) is 0 Å².